The van der Waals surface area contributed by atoms with Crippen LogP contribution in [0.25, 0.3) is 0 Å². The highest BCUT2D eigenvalue weighted by Crippen LogP contribution is 2.32. The molecule has 0 aromatic rings. The molecule has 1 rings (SSSR count). The van der Waals surface area contributed by atoms with Crippen LogP contribution in [0.4, 0.5) is 0 Å². The fourth-order valence-corrected chi connectivity index (χ4v) is 1.41. The standard InChI is InChI=1S/C8H17NO/c1-7-2-3-8(7)6-9-4-5-10/h7-10H,2-6H2,1H3/t7-,8+/m0/s1. The molecule has 0 aromatic heterocycles. The number of aliphatic hydroxyl groups is 1. The summed E-state index contributed by atoms with van der Waals surface area (Å²) in [6.45, 7) is 4.42. The zero-order valence-electron chi connectivity index (χ0n) is 6.64. The van der Waals surface area contributed by atoms with E-state index >= 15 is 0 Å². The first kappa shape index (κ1) is 8.02. The van der Waals surface area contributed by atoms with Crippen molar-refractivity contribution in [2.45, 2.75) is 19.8 Å². The highest BCUT2D eigenvalue weighted by atomic mass is 16.3. The predicted octanol–water partition coefficient (Wildman–Crippen LogP) is 0.614. The van der Waals surface area contributed by atoms with E-state index in [4.69, 9.17) is 5.11 Å². The molecule has 0 heterocycles. The summed E-state index contributed by atoms with van der Waals surface area (Å²) < 4.78 is 0. The zero-order valence-corrected chi connectivity index (χ0v) is 6.64. The minimum absolute atomic E-state index is 0.265. The zero-order chi connectivity index (χ0) is 7.40. The maximum Gasteiger partial charge on any atom is 0.0555 e. The van der Waals surface area contributed by atoms with Crippen molar-refractivity contribution < 1.29 is 5.11 Å². The van der Waals surface area contributed by atoms with Gasteiger partial charge in [-0.25, -0.2) is 0 Å². The van der Waals surface area contributed by atoms with Crippen molar-refractivity contribution in [2.75, 3.05) is 19.7 Å². The van der Waals surface area contributed by atoms with Crippen molar-refractivity contribution in [1.82, 2.24) is 5.32 Å². The predicted molar refractivity (Wildman–Crippen MR) is 41.8 cm³/mol. The third kappa shape index (κ3) is 1.96. The number of rotatable bonds is 4. The van der Waals surface area contributed by atoms with Gasteiger partial charge in [0.25, 0.3) is 0 Å². The van der Waals surface area contributed by atoms with Gasteiger partial charge in [-0.1, -0.05) is 13.3 Å². The Balaban J connectivity index is 1.92. The molecule has 0 amide bonds. The Hall–Kier alpha value is -0.0800. The van der Waals surface area contributed by atoms with Crippen molar-refractivity contribution >= 4 is 0 Å². The summed E-state index contributed by atoms with van der Waals surface area (Å²) in [5.41, 5.74) is 0. The Morgan fingerprint density at radius 3 is 2.70 bits per heavy atom. The second-order valence-electron chi connectivity index (χ2n) is 3.24. The molecule has 0 radical (unpaired) electrons. The molecule has 2 N–H and O–H groups in total. The van der Waals surface area contributed by atoms with Gasteiger partial charge in [0, 0.05) is 6.54 Å². The molecule has 1 aliphatic rings. The maximum absolute atomic E-state index is 8.47. The van der Waals surface area contributed by atoms with Crippen molar-refractivity contribution in [3.8, 4) is 0 Å². The average Bonchev–Trinajstić information content (AvgIpc) is 1.95. The Morgan fingerprint density at radius 1 is 1.50 bits per heavy atom. The summed E-state index contributed by atoms with van der Waals surface area (Å²) >= 11 is 0. The van der Waals surface area contributed by atoms with Crippen molar-refractivity contribution in [3.05, 3.63) is 0 Å². The van der Waals surface area contributed by atoms with Crippen LogP contribution in [0.2, 0.25) is 0 Å². The highest BCUT2D eigenvalue weighted by molar-refractivity contribution is 4.78. The minimum atomic E-state index is 0.265. The van der Waals surface area contributed by atoms with Crippen LogP contribution in [0.1, 0.15) is 19.8 Å². The van der Waals surface area contributed by atoms with Crippen molar-refractivity contribution in [3.63, 3.8) is 0 Å². The first-order valence-corrected chi connectivity index (χ1v) is 4.16. The lowest BCUT2D eigenvalue weighted by Crippen LogP contribution is -2.34. The van der Waals surface area contributed by atoms with Crippen LogP contribution in [0, 0.1) is 11.8 Å². The van der Waals surface area contributed by atoms with Gasteiger partial charge in [0.1, 0.15) is 0 Å². The minimum Gasteiger partial charge on any atom is -0.395 e. The van der Waals surface area contributed by atoms with Gasteiger partial charge in [0.15, 0.2) is 0 Å². The summed E-state index contributed by atoms with van der Waals surface area (Å²) in [5, 5.41) is 11.7. The molecule has 2 nitrogen and oxygen atoms in total. The van der Waals surface area contributed by atoms with Gasteiger partial charge in [-0.05, 0) is 24.8 Å². The van der Waals surface area contributed by atoms with Crippen molar-refractivity contribution in [1.29, 1.82) is 0 Å². The lowest BCUT2D eigenvalue weighted by Gasteiger charge is -2.33. The van der Waals surface area contributed by atoms with Gasteiger partial charge in [-0.3, -0.25) is 0 Å². The van der Waals surface area contributed by atoms with E-state index in [1.165, 1.54) is 12.8 Å². The number of hydrogen-bond donors (Lipinski definition) is 2. The third-order valence-electron chi connectivity index (χ3n) is 2.49. The molecule has 0 spiro atoms. The van der Waals surface area contributed by atoms with E-state index in [0.717, 1.165) is 24.9 Å². The summed E-state index contributed by atoms with van der Waals surface area (Å²) in [6, 6.07) is 0. The average molecular weight is 143 g/mol. The summed E-state index contributed by atoms with van der Waals surface area (Å²) in [7, 11) is 0. The van der Waals surface area contributed by atoms with E-state index in [1.807, 2.05) is 0 Å². The first-order valence-electron chi connectivity index (χ1n) is 4.16. The topological polar surface area (TPSA) is 32.3 Å². The van der Waals surface area contributed by atoms with Crippen LogP contribution in [0.3, 0.4) is 0 Å². The van der Waals surface area contributed by atoms with Gasteiger partial charge < -0.3 is 10.4 Å². The molecule has 2 atom stereocenters. The quantitative estimate of drug-likeness (QED) is 0.565. The summed E-state index contributed by atoms with van der Waals surface area (Å²) in [4.78, 5) is 0. The summed E-state index contributed by atoms with van der Waals surface area (Å²) in [6.07, 6.45) is 2.77. The van der Waals surface area contributed by atoms with Crippen LogP contribution in [0.15, 0.2) is 0 Å². The van der Waals surface area contributed by atoms with Gasteiger partial charge in [0.05, 0.1) is 6.61 Å². The van der Waals surface area contributed by atoms with Crippen LogP contribution < -0.4 is 5.32 Å². The van der Waals surface area contributed by atoms with Gasteiger partial charge in [-0.15, -0.1) is 0 Å². The molecule has 0 aliphatic heterocycles. The van der Waals surface area contributed by atoms with Gasteiger partial charge in [0.2, 0.25) is 0 Å². The van der Waals surface area contributed by atoms with Crippen LogP contribution in [-0.4, -0.2) is 24.8 Å². The summed E-state index contributed by atoms with van der Waals surface area (Å²) in [5.74, 6) is 1.79. The van der Waals surface area contributed by atoms with E-state index in [0.29, 0.717) is 0 Å². The molecule has 0 unspecified atom stereocenters. The van der Waals surface area contributed by atoms with Gasteiger partial charge in [-0.2, -0.15) is 0 Å². The Labute approximate surface area is 62.6 Å². The Kier molecular flexibility index (Phi) is 3.16. The number of hydrogen-bond acceptors (Lipinski definition) is 2. The fraction of sp³-hybridized carbons (Fsp3) is 1.00. The second-order valence-corrected chi connectivity index (χ2v) is 3.24. The smallest absolute Gasteiger partial charge is 0.0555 e. The van der Waals surface area contributed by atoms with E-state index in [9.17, 15) is 0 Å². The highest BCUT2D eigenvalue weighted by Gasteiger charge is 2.25. The van der Waals surface area contributed by atoms with E-state index in [1.54, 1.807) is 0 Å². The van der Waals surface area contributed by atoms with E-state index in [2.05, 4.69) is 12.2 Å². The Bertz CT molecular complexity index is 95.3. The van der Waals surface area contributed by atoms with E-state index < -0.39 is 0 Å². The van der Waals surface area contributed by atoms with Crippen LogP contribution in [0.5, 0.6) is 0 Å². The molecule has 0 bridgehead atoms. The molecule has 1 aliphatic carbocycles. The lowest BCUT2D eigenvalue weighted by atomic mass is 9.75. The van der Waals surface area contributed by atoms with Gasteiger partial charge >= 0.3 is 0 Å². The van der Waals surface area contributed by atoms with Crippen LogP contribution in [-0.2, 0) is 0 Å². The normalized spacial score (nSPS) is 31.8. The molecular formula is C8H17NO. The fourth-order valence-electron chi connectivity index (χ4n) is 1.41. The lowest BCUT2D eigenvalue weighted by molar-refractivity contribution is 0.186. The molecule has 1 fully saturated rings. The number of nitrogens with one attached hydrogen (secondary N) is 1. The second kappa shape index (κ2) is 3.94. The van der Waals surface area contributed by atoms with Crippen molar-refractivity contribution in [2.24, 2.45) is 11.8 Å². The monoisotopic (exact) mass is 143 g/mol. The Morgan fingerprint density at radius 2 is 2.30 bits per heavy atom. The van der Waals surface area contributed by atoms with Crippen LogP contribution >= 0.6 is 0 Å². The molecule has 0 saturated heterocycles. The molecular weight excluding hydrogens is 126 g/mol. The van der Waals surface area contributed by atoms with E-state index in [-0.39, 0.29) is 6.61 Å². The molecule has 60 valence electrons. The largest absolute Gasteiger partial charge is 0.395 e. The molecule has 10 heavy (non-hydrogen) atoms. The SMILES string of the molecule is C[C@H]1CC[C@@H]1CNCCO. The molecule has 2 heteroatoms. The molecule has 0 aromatic carbocycles. The first-order chi connectivity index (χ1) is 4.84. The maximum atomic E-state index is 8.47. The third-order valence-corrected chi connectivity index (χ3v) is 2.49. The number of aliphatic hydroxyl groups excluding tert-OH is 1. The molecule has 1 saturated carbocycles.